The van der Waals surface area contributed by atoms with Gasteiger partial charge in [-0.2, -0.15) is 0 Å². The molecule has 0 spiro atoms. The van der Waals surface area contributed by atoms with Crippen LogP contribution in [0.1, 0.15) is 50.7 Å². The lowest BCUT2D eigenvalue weighted by molar-refractivity contribution is -0.119. The number of benzene rings is 1. The van der Waals surface area contributed by atoms with E-state index >= 15 is 0 Å². The van der Waals surface area contributed by atoms with Crippen molar-refractivity contribution in [3.05, 3.63) is 51.2 Å². The van der Waals surface area contributed by atoms with Gasteiger partial charge in [-0.15, -0.1) is 11.3 Å². The predicted molar refractivity (Wildman–Crippen MR) is 101 cm³/mol. The fraction of sp³-hybridized carbons (Fsp3) is 0.350. The maximum atomic E-state index is 12.2. The van der Waals surface area contributed by atoms with Crippen LogP contribution in [-0.4, -0.2) is 24.3 Å². The Hall–Kier alpha value is -2.47. The molecule has 6 heteroatoms. The highest BCUT2D eigenvalue weighted by atomic mass is 32.1. The third kappa shape index (κ3) is 4.38. The van der Waals surface area contributed by atoms with Gasteiger partial charge in [0.05, 0.1) is 0 Å². The Morgan fingerprint density at radius 3 is 2.85 bits per heavy atom. The van der Waals surface area contributed by atoms with E-state index in [1.807, 2.05) is 6.07 Å². The van der Waals surface area contributed by atoms with E-state index in [0.29, 0.717) is 22.0 Å². The van der Waals surface area contributed by atoms with Crippen molar-refractivity contribution in [3.63, 3.8) is 0 Å². The normalized spacial score (nSPS) is 15.8. The third-order valence-electron chi connectivity index (χ3n) is 4.42. The second-order valence-electron chi connectivity index (χ2n) is 6.67. The molecule has 0 radical (unpaired) electrons. The Morgan fingerprint density at radius 1 is 1.27 bits per heavy atom. The van der Waals surface area contributed by atoms with Gasteiger partial charge in [0.25, 0.3) is 5.91 Å². The molecule has 1 atom stereocenters. The summed E-state index contributed by atoms with van der Waals surface area (Å²) in [6.45, 7) is 3.32. The standard InChI is InChI=1S/C20H21NO4S/c1-12-6-7-17-15(8-12)10-18(26-17)20(24)25-11-19(23)21-16-5-3-4-14(9-16)13(2)22/h3-5,9-10,12H,6-8,11H2,1-2H3,(H,21,23)/t12-/m1/s1. The lowest BCUT2D eigenvalue weighted by atomic mass is 9.90. The molecule has 0 saturated carbocycles. The summed E-state index contributed by atoms with van der Waals surface area (Å²) < 4.78 is 5.14. The topological polar surface area (TPSA) is 72.5 Å². The fourth-order valence-electron chi connectivity index (χ4n) is 3.02. The summed E-state index contributed by atoms with van der Waals surface area (Å²) in [6.07, 6.45) is 3.14. The van der Waals surface area contributed by atoms with Crippen LogP contribution in [-0.2, 0) is 22.4 Å². The molecule has 136 valence electrons. The highest BCUT2D eigenvalue weighted by Crippen LogP contribution is 2.32. The molecule has 0 aliphatic heterocycles. The van der Waals surface area contributed by atoms with Gasteiger partial charge in [0.1, 0.15) is 4.88 Å². The molecule has 0 unspecified atom stereocenters. The fourth-order valence-corrected chi connectivity index (χ4v) is 4.12. The van der Waals surface area contributed by atoms with Crippen molar-refractivity contribution in [2.24, 2.45) is 5.92 Å². The van der Waals surface area contributed by atoms with Crippen molar-refractivity contribution in [2.75, 3.05) is 11.9 Å². The van der Waals surface area contributed by atoms with Crippen LogP contribution in [0.3, 0.4) is 0 Å². The van der Waals surface area contributed by atoms with Crippen LogP contribution >= 0.6 is 11.3 Å². The number of anilines is 1. The van der Waals surface area contributed by atoms with E-state index < -0.39 is 11.9 Å². The van der Waals surface area contributed by atoms with Crippen molar-refractivity contribution >= 4 is 34.7 Å². The molecule has 26 heavy (non-hydrogen) atoms. The van der Waals surface area contributed by atoms with Gasteiger partial charge in [0, 0.05) is 16.1 Å². The molecule has 5 nitrogen and oxygen atoms in total. The molecule has 0 bridgehead atoms. The molecule has 1 aliphatic carbocycles. The zero-order chi connectivity index (χ0) is 18.7. The van der Waals surface area contributed by atoms with Gasteiger partial charge >= 0.3 is 5.97 Å². The Morgan fingerprint density at radius 2 is 2.08 bits per heavy atom. The zero-order valence-corrected chi connectivity index (χ0v) is 15.7. The Bertz CT molecular complexity index is 855. The average Bonchev–Trinajstić information content (AvgIpc) is 3.03. The number of ketones is 1. The van der Waals surface area contributed by atoms with Gasteiger partial charge in [0.2, 0.25) is 0 Å². The number of Topliss-reactive ketones (excluding diaryl/α,β-unsaturated/α-hetero) is 1. The summed E-state index contributed by atoms with van der Waals surface area (Å²) in [5.74, 6) is -0.347. The lowest BCUT2D eigenvalue weighted by Gasteiger charge is -2.16. The number of carbonyl (C=O) groups is 3. The number of amides is 1. The first-order valence-electron chi connectivity index (χ1n) is 8.62. The van der Waals surface area contributed by atoms with Gasteiger partial charge in [-0.05, 0) is 55.9 Å². The Kier molecular flexibility index (Phi) is 5.52. The smallest absolute Gasteiger partial charge is 0.348 e. The van der Waals surface area contributed by atoms with Gasteiger partial charge in [-0.3, -0.25) is 9.59 Å². The number of aryl methyl sites for hydroxylation is 1. The molecule has 1 aromatic heterocycles. The van der Waals surface area contributed by atoms with E-state index in [4.69, 9.17) is 4.74 Å². The van der Waals surface area contributed by atoms with Crippen LogP contribution < -0.4 is 5.32 Å². The van der Waals surface area contributed by atoms with Crippen molar-refractivity contribution in [1.82, 2.24) is 0 Å². The summed E-state index contributed by atoms with van der Waals surface area (Å²) in [5, 5.41) is 2.63. The maximum Gasteiger partial charge on any atom is 0.348 e. The minimum absolute atomic E-state index is 0.0801. The molecule has 0 saturated heterocycles. The summed E-state index contributed by atoms with van der Waals surface area (Å²) in [7, 11) is 0. The van der Waals surface area contributed by atoms with Gasteiger partial charge in [0.15, 0.2) is 12.4 Å². The van der Waals surface area contributed by atoms with E-state index in [0.717, 1.165) is 19.3 Å². The van der Waals surface area contributed by atoms with Crippen molar-refractivity contribution in [3.8, 4) is 0 Å². The average molecular weight is 371 g/mol. The lowest BCUT2D eigenvalue weighted by Crippen LogP contribution is -2.20. The van der Waals surface area contributed by atoms with Gasteiger partial charge in [-0.1, -0.05) is 19.1 Å². The molecular formula is C20H21NO4S. The number of ether oxygens (including phenoxy) is 1. The second kappa shape index (κ2) is 7.83. The van der Waals surface area contributed by atoms with Gasteiger partial charge in [-0.25, -0.2) is 4.79 Å². The minimum Gasteiger partial charge on any atom is -0.451 e. The van der Waals surface area contributed by atoms with E-state index in [9.17, 15) is 14.4 Å². The molecular weight excluding hydrogens is 350 g/mol. The van der Waals surface area contributed by atoms with Crippen molar-refractivity contribution in [2.45, 2.75) is 33.1 Å². The highest BCUT2D eigenvalue weighted by Gasteiger charge is 2.21. The SMILES string of the molecule is CC(=O)c1cccc(NC(=O)COC(=O)c2cc3c(s2)CC[C@@H](C)C3)c1. The first-order chi connectivity index (χ1) is 12.4. The number of esters is 1. The number of hydrogen-bond donors (Lipinski definition) is 1. The van der Waals surface area contributed by atoms with Gasteiger partial charge < -0.3 is 10.1 Å². The first-order valence-corrected chi connectivity index (χ1v) is 9.43. The van der Waals surface area contributed by atoms with E-state index in [1.54, 1.807) is 24.3 Å². The van der Waals surface area contributed by atoms with Crippen LogP contribution in [0.2, 0.25) is 0 Å². The Balaban J connectivity index is 1.55. The number of rotatable bonds is 5. The van der Waals surface area contributed by atoms with Crippen LogP contribution in [0.4, 0.5) is 5.69 Å². The number of carbonyl (C=O) groups excluding carboxylic acids is 3. The molecule has 3 rings (SSSR count). The summed E-state index contributed by atoms with van der Waals surface area (Å²) in [5.41, 5.74) is 2.24. The quantitative estimate of drug-likeness (QED) is 0.640. The molecule has 1 heterocycles. The second-order valence-corrected chi connectivity index (χ2v) is 7.81. The van der Waals surface area contributed by atoms with Crippen LogP contribution in [0, 0.1) is 5.92 Å². The molecule has 2 aromatic rings. The van der Waals surface area contributed by atoms with Crippen LogP contribution in [0.25, 0.3) is 0 Å². The van der Waals surface area contributed by atoms with Crippen molar-refractivity contribution < 1.29 is 19.1 Å². The molecule has 0 fully saturated rings. The molecule has 1 aliphatic rings. The van der Waals surface area contributed by atoms with Crippen LogP contribution in [0.5, 0.6) is 0 Å². The monoisotopic (exact) mass is 371 g/mol. The van der Waals surface area contributed by atoms with Crippen LogP contribution in [0.15, 0.2) is 30.3 Å². The first kappa shape index (κ1) is 18.3. The molecule has 1 N–H and O–H groups in total. The Labute approximate surface area is 156 Å². The molecule has 1 amide bonds. The third-order valence-corrected chi connectivity index (χ3v) is 5.63. The van der Waals surface area contributed by atoms with E-state index in [2.05, 4.69) is 12.2 Å². The number of thiophene rings is 1. The predicted octanol–water partition coefficient (Wildman–Crippen LogP) is 3.87. The number of nitrogens with one attached hydrogen (secondary N) is 1. The largest absolute Gasteiger partial charge is 0.451 e. The summed E-state index contributed by atoms with van der Waals surface area (Å²) in [4.78, 5) is 37.4. The highest BCUT2D eigenvalue weighted by molar-refractivity contribution is 7.14. The number of fused-ring (bicyclic) bond motifs is 1. The van der Waals surface area contributed by atoms with Crippen molar-refractivity contribution in [1.29, 1.82) is 0 Å². The maximum absolute atomic E-state index is 12.2. The van der Waals surface area contributed by atoms with E-state index in [1.165, 1.54) is 28.7 Å². The summed E-state index contributed by atoms with van der Waals surface area (Å²) in [6, 6.07) is 8.54. The summed E-state index contributed by atoms with van der Waals surface area (Å²) >= 11 is 1.46. The van der Waals surface area contributed by atoms with E-state index in [-0.39, 0.29) is 12.4 Å². The number of hydrogen-bond acceptors (Lipinski definition) is 5. The zero-order valence-electron chi connectivity index (χ0n) is 14.8. The molecule has 1 aromatic carbocycles. The minimum atomic E-state index is -0.468.